The van der Waals surface area contributed by atoms with Crippen molar-refractivity contribution in [3.8, 4) is 0 Å². The lowest BCUT2D eigenvalue weighted by Gasteiger charge is -2.20. The van der Waals surface area contributed by atoms with Crippen LogP contribution in [0, 0.1) is 19.8 Å². The van der Waals surface area contributed by atoms with Crippen LogP contribution in [0.25, 0.3) is 0 Å². The van der Waals surface area contributed by atoms with E-state index in [4.69, 9.17) is 11.6 Å². The monoisotopic (exact) mass is 282 g/mol. The van der Waals surface area contributed by atoms with Crippen LogP contribution >= 0.6 is 11.6 Å². The van der Waals surface area contributed by atoms with Crippen molar-refractivity contribution in [2.45, 2.75) is 40.2 Å². The van der Waals surface area contributed by atoms with Crippen LogP contribution in [0.15, 0.2) is 0 Å². The van der Waals surface area contributed by atoms with Gasteiger partial charge < -0.3 is 10.2 Å². The van der Waals surface area contributed by atoms with Crippen molar-refractivity contribution in [2.75, 3.05) is 25.0 Å². The van der Waals surface area contributed by atoms with Gasteiger partial charge in [-0.25, -0.2) is 0 Å². The summed E-state index contributed by atoms with van der Waals surface area (Å²) < 4.78 is 0. The molecule has 19 heavy (non-hydrogen) atoms. The van der Waals surface area contributed by atoms with Gasteiger partial charge in [0.05, 0.1) is 0 Å². The number of aromatic nitrogens is 2. The summed E-state index contributed by atoms with van der Waals surface area (Å²) in [5, 5.41) is 12.0. The molecule has 4 nitrogen and oxygen atoms in total. The third kappa shape index (κ3) is 3.37. The van der Waals surface area contributed by atoms with E-state index in [0.29, 0.717) is 17.1 Å². The third-order valence-corrected chi connectivity index (χ3v) is 4.43. The van der Waals surface area contributed by atoms with Crippen molar-refractivity contribution in [3.63, 3.8) is 0 Å². The highest BCUT2D eigenvalue weighted by molar-refractivity contribution is 6.30. The third-order valence-electron chi connectivity index (χ3n) is 4.07. The van der Waals surface area contributed by atoms with Gasteiger partial charge in [-0.15, -0.1) is 10.2 Å². The first kappa shape index (κ1) is 14.5. The van der Waals surface area contributed by atoms with E-state index in [1.54, 1.807) is 0 Å². The van der Waals surface area contributed by atoms with Crippen molar-refractivity contribution in [1.29, 1.82) is 0 Å². The van der Waals surface area contributed by atoms with Crippen molar-refractivity contribution in [2.24, 2.45) is 5.92 Å². The molecule has 5 heteroatoms. The molecular formula is C14H23ClN4. The van der Waals surface area contributed by atoms with Crippen molar-refractivity contribution in [3.05, 3.63) is 16.3 Å². The summed E-state index contributed by atoms with van der Waals surface area (Å²) in [7, 11) is 0. The van der Waals surface area contributed by atoms with Gasteiger partial charge in [-0.3, -0.25) is 0 Å². The number of nitrogens with zero attached hydrogens (tertiary/aromatic N) is 3. The molecule has 0 spiro atoms. The van der Waals surface area contributed by atoms with E-state index in [9.17, 15) is 0 Å². The molecular weight excluding hydrogens is 260 g/mol. The van der Waals surface area contributed by atoms with Crippen LogP contribution in [-0.4, -0.2) is 40.8 Å². The summed E-state index contributed by atoms with van der Waals surface area (Å²) in [6, 6.07) is 0.643. The molecule has 1 aliphatic rings. The summed E-state index contributed by atoms with van der Waals surface area (Å²) in [4.78, 5) is 2.53. The average molecular weight is 283 g/mol. The van der Waals surface area contributed by atoms with Crippen LogP contribution < -0.4 is 5.32 Å². The maximum atomic E-state index is 5.96. The van der Waals surface area contributed by atoms with E-state index in [1.807, 2.05) is 13.8 Å². The number of rotatable bonds is 4. The number of anilines is 1. The average Bonchev–Trinajstić information content (AvgIpc) is 2.84. The Balaban J connectivity index is 1.92. The van der Waals surface area contributed by atoms with Crippen LogP contribution in [0.3, 0.4) is 0 Å². The molecule has 0 aromatic carbocycles. The van der Waals surface area contributed by atoms with Crippen LogP contribution in [0.5, 0.6) is 0 Å². The maximum Gasteiger partial charge on any atom is 0.155 e. The van der Waals surface area contributed by atoms with Crippen molar-refractivity contribution < 1.29 is 0 Å². The molecule has 0 bridgehead atoms. The van der Waals surface area contributed by atoms with Gasteiger partial charge in [0.15, 0.2) is 11.0 Å². The van der Waals surface area contributed by atoms with Crippen LogP contribution in [-0.2, 0) is 0 Å². The highest BCUT2D eigenvalue weighted by Gasteiger charge is 2.24. The summed E-state index contributed by atoms with van der Waals surface area (Å²) in [5.41, 5.74) is 2.10. The molecule has 1 N–H and O–H groups in total. The second kappa shape index (κ2) is 6.06. The molecule has 1 aromatic rings. The second-order valence-corrected chi connectivity index (χ2v) is 6.07. The molecule has 1 saturated heterocycles. The molecule has 1 aromatic heterocycles. The van der Waals surface area contributed by atoms with E-state index in [2.05, 4.69) is 34.3 Å². The molecule has 106 valence electrons. The van der Waals surface area contributed by atoms with Crippen molar-refractivity contribution >= 4 is 17.4 Å². The van der Waals surface area contributed by atoms with Gasteiger partial charge in [0.2, 0.25) is 0 Å². The lowest BCUT2D eigenvalue weighted by atomic mass is 10.1. The smallest absolute Gasteiger partial charge is 0.155 e. The van der Waals surface area contributed by atoms with E-state index in [-0.39, 0.29) is 0 Å². The topological polar surface area (TPSA) is 41.1 Å². The number of hydrogen-bond acceptors (Lipinski definition) is 4. The molecule has 1 aliphatic heterocycles. The molecule has 2 rings (SSSR count). The zero-order chi connectivity index (χ0) is 14.0. The van der Waals surface area contributed by atoms with Gasteiger partial charge in [-0.2, -0.15) is 0 Å². The maximum absolute atomic E-state index is 5.96. The minimum atomic E-state index is 0.495. The number of likely N-dealkylation sites (tertiary alicyclic amines) is 1. The van der Waals surface area contributed by atoms with Gasteiger partial charge in [0.25, 0.3) is 0 Å². The van der Waals surface area contributed by atoms with Gasteiger partial charge in [-0.1, -0.05) is 11.6 Å². The van der Waals surface area contributed by atoms with Crippen molar-refractivity contribution in [1.82, 2.24) is 15.1 Å². The zero-order valence-electron chi connectivity index (χ0n) is 12.2. The lowest BCUT2D eigenvalue weighted by Crippen LogP contribution is -2.29. The Morgan fingerprint density at radius 1 is 1.32 bits per heavy atom. The summed E-state index contributed by atoms with van der Waals surface area (Å²) in [5.74, 6) is 1.56. The predicted octanol–water partition coefficient (Wildman–Crippen LogP) is 2.89. The van der Waals surface area contributed by atoms with Crippen LogP contribution in [0.1, 0.15) is 31.4 Å². The Morgan fingerprint density at radius 3 is 2.68 bits per heavy atom. The predicted molar refractivity (Wildman–Crippen MR) is 79.8 cm³/mol. The highest BCUT2D eigenvalue weighted by atomic mass is 35.5. The van der Waals surface area contributed by atoms with Gasteiger partial charge in [0.1, 0.15) is 0 Å². The largest absolute Gasteiger partial charge is 0.368 e. The zero-order valence-corrected chi connectivity index (χ0v) is 13.0. The molecule has 0 aliphatic carbocycles. The highest BCUT2D eigenvalue weighted by Crippen LogP contribution is 2.22. The second-order valence-electron chi connectivity index (χ2n) is 5.71. The Morgan fingerprint density at radius 2 is 2.05 bits per heavy atom. The lowest BCUT2D eigenvalue weighted by molar-refractivity contribution is 0.266. The fraction of sp³-hybridized carbons (Fsp3) is 0.714. The minimum absolute atomic E-state index is 0.495. The van der Waals surface area contributed by atoms with Gasteiger partial charge in [-0.05, 0) is 57.7 Å². The van der Waals surface area contributed by atoms with E-state index in [0.717, 1.165) is 23.5 Å². The fourth-order valence-electron chi connectivity index (χ4n) is 2.48. The summed E-state index contributed by atoms with van der Waals surface area (Å²) in [6.45, 7) is 11.9. The van der Waals surface area contributed by atoms with Gasteiger partial charge >= 0.3 is 0 Å². The Bertz CT molecular complexity index is 447. The molecule has 1 fully saturated rings. The Hall–Kier alpha value is -0.870. The number of hydrogen-bond donors (Lipinski definition) is 1. The van der Waals surface area contributed by atoms with Gasteiger partial charge in [0, 0.05) is 19.1 Å². The molecule has 0 radical (unpaired) electrons. The summed E-state index contributed by atoms with van der Waals surface area (Å²) >= 11 is 5.96. The molecule has 1 unspecified atom stereocenters. The van der Waals surface area contributed by atoms with Crippen LogP contribution in [0.2, 0.25) is 5.15 Å². The van der Waals surface area contributed by atoms with E-state index < -0.39 is 0 Å². The minimum Gasteiger partial charge on any atom is -0.368 e. The van der Waals surface area contributed by atoms with E-state index in [1.165, 1.54) is 19.5 Å². The molecule has 2 heterocycles. The first-order valence-corrected chi connectivity index (χ1v) is 7.34. The fourth-order valence-corrected chi connectivity index (χ4v) is 2.66. The first-order chi connectivity index (χ1) is 8.99. The standard InChI is InChI=1S/C14H23ClN4/c1-9(2)19-6-5-12(8-19)7-16-14-11(4)10(3)13(15)17-18-14/h9,12H,5-8H2,1-4H3,(H,16,18). The number of halogens is 1. The Kier molecular flexibility index (Phi) is 4.63. The number of nitrogens with one attached hydrogen (secondary N) is 1. The molecule has 0 amide bonds. The van der Waals surface area contributed by atoms with E-state index >= 15 is 0 Å². The quantitative estimate of drug-likeness (QED) is 0.922. The first-order valence-electron chi connectivity index (χ1n) is 6.96. The Labute approximate surface area is 120 Å². The SMILES string of the molecule is Cc1c(Cl)nnc(NCC2CCN(C(C)C)C2)c1C. The normalized spacial score (nSPS) is 20.2. The molecule has 0 saturated carbocycles. The summed E-state index contributed by atoms with van der Waals surface area (Å²) in [6.07, 6.45) is 1.25. The van der Waals surface area contributed by atoms with Crippen LogP contribution in [0.4, 0.5) is 5.82 Å². The molecule has 1 atom stereocenters.